The van der Waals surface area contributed by atoms with Crippen LogP contribution in [0.3, 0.4) is 0 Å². The molecule has 0 unspecified atom stereocenters. The van der Waals surface area contributed by atoms with Gasteiger partial charge in [0, 0.05) is 11.3 Å². The van der Waals surface area contributed by atoms with Crippen LogP contribution in [-0.4, -0.2) is 0 Å². The minimum Gasteiger partial charge on any atom is -0.399 e. The molecule has 0 saturated carbocycles. The fraction of sp³-hybridized carbons (Fsp3) is 0.0714. The first-order chi connectivity index (χ1) is 7.63. The molecule has 1 aromatic carbocycles. The maximum Gasteiger partial charge on any atom is 0.133 e. The number of hydrogen-bond acceptors (Lipinski definition) is 1. The van der Waals surface area contributed by atoms with Crippen molar-refractivity contribution >= 4 is 17.3 Å². The van der Waals surface area contributed by atoms with Gasteiger partial charge in [-0.1, -0.05) is 25.3 Å². The van der Waals surface area contributed by atoms with Crippen molar-refractivity contribution in [1.82, 2.24) is 0 Å². The highest BCUT2D eigenvalue weighted by atomic mass is 19.1. The Labute approximate surface area is 95.1 Å². The number of hydrogen-bond donors (Lipinski definition) is 1. The number of nitrogens with two attached hydrogens (primary N) is 1. The summed E-state index contributed by atoms with van der Waals surface area (Å²) in [6, 6.07) is 2.98. The Kier molecular flexibility index (Phi) is 3.87. The number of benzene rings is 1. The lowest BCUT2D eigenvalue weighted by molar-refractivity contribution is 0.624. The second kappa shape index (κ2) is 5.15. The summed E-state index contributed by atoms with van der Waals surface area (Å²) in [5.41, 5.74) is 10.4. The summed E-state index contributed by atoms with van der Waals surface area (Å²) in [5.74, 6) is -0.366. The van der Waals surface area contributed by atoms with E-state index in [1.54, 1.807) is 24.3 Å². The molecule has 0 aliphatic heterocycles. The van der Waals surface area contributed by atoms with Crippen molar-refractivity contribution in [2.24, 2.45) is 0 Å². The molecule has 0 radical (unpaired) electrons. The molecule has 0 atom stereocenters. The highest BCUT2D eigenvalue weighted by molar-refractivity contribution is 5.81. The summed E-state index contributed by atoms with van der Waals surface area (Å²) < 4.78 is 13.8. The summed E-state index contributed by atoms with van der Waals surface area (Å²) >= 11 is 0. The highest BCUT2D eigenvalue weighted by Gasteiger charge is 2.10. The van der Waals surface area contributed by atoms with Gasteiger partial charge in [-0.2, -0.15) is 0 Å². The summed E-state index contributed by atoms with van der Waals surface area (Å²) in [7, 11) is 0. The largest absolute Gasteiger partial charge is 0.399 e. The maximum absolute atomic E-state index is 13.8. The standard InChI is InChI=1S/C14H14FN/c1-4-7-11-8-12(16)9-13(15)14(11)10(5-2)6-3/h5-9H,1-2,16H2,3H3/b10-6+. The van der Waals surface area contributed by atoms with Gasteiger partial charge < -0.3 is 5.73 Å². The number of rotatable bonds is 3. The third-order valence-electron chi connectivity index (χ3n) is 2.22. The van der Waals surface area contributed by atoms with E-state index in [0.717, 1.165) is 5.57 Å². The zero-order valence-corrected chi connectivity index (χ0v) is 9.26. The third-order valence-corrected chi connectivity index (χ3v) is 2.22. The Bertz CT molecular complexity index is 492. The van der Waals surface area contributed by atoms with E-state index in [4.69, 9.17) is 5.73 Å². The molecule has 2 heteroatoms. The van der Waals surface area contributed by atoms with Gasteiger partial charge in [0.15, 0.2) is 0 Å². The van der Waals surface area contributed by atoms with Crippen LogP contribution in [0.2, 0.25) is 0 Å². The van der Waals surface area contributed by atoms with Crippen LogP contribution in [0.25, 0.3) is 11.6 Å². The van der Waals surface area contributed by atoms with Gasteiger partial charge in [-0.15, -0.1) is 5.73 Å². The Balaban J connectivity index is 3.58. The average Bonchev–Trinajstić information content (AvgIpc) is 2.23. The second-order valence-electron chi connectivity index (χ2n) is 3.26. The molecule has 1 nitrogen and oxygen atoms in total. The lowest BCUT2D eigenvalue weighted by Crippen LogP contribution is -1.96. The van der Waals surface area contributed by atoms with Gasteiger partial charge in [0.05, 0.1) is 0 Å². The molecular weight excluding hydrogens is 201 g/mol. The fourth-order valence-electron chi connectivity index (χ4n) is 1.54. The summed E-state index contributed by atoms with van der Waals surface area (Å²) in [6.45, 7) is 8.96. The maximum atomic E-state index is 13.8. The van der Waals surface area contributed by atoms with Crippen LogP contribution in [0.15, 0.2) is 43.2 Å². The summed E-state index contributed by atoms with van der Waals surface area (Å²) in [4.78, 5) is 0. The zero-order chi connectivity index (χ0) is 12.1. The van der Waals surface area contributed by atoms with Gasteiger partial charge in [0.1, 0.15) is 5.82 Å². The van der Waals surface area contributed by atoms with E-state index >= 15 is 0 Å². The van der Waals surface area contributed by atoms with Crippen LogP contribution in [0.4, 0.5) is 10.1 Å². The van der Waals surface area contributed by atoms with E-state index in [2.05, 4.69) is 18.9 Å². The van der Waals surface area contributed by atoms with Crippen LogP contribution in [0.5, 0.6) is 0 Å². The van der Waals surface area contributed by atoms with Crippen LogP contribution < -0.4 is 5.73 Å². The van der Waals surface area contributed by atoms with Gasteiger partial charge in [-0.3, -0.25) is 0 Å². The van der Waals surface area contributed by atoms with Gasteiger partial charge in [-0.05, 0) is 36.3 Å². The topological polar surface area (TPSA) is 26.0 Å². The summed E-state index contributed by atoms with van der Waals surface area (Å²) in [6.07, 6.45) is 5.00. The molecular formula is C14H14FN. The minimum absolute atomic E-state index is 0.366. The van der Waals surface area contributed by atoms with Crippen molar-refractivity contribution in [1.29, 1.82) is 0 Å². The lowest BCUT2D eigenvalue weighted by Gasteiger charge is -2.09. The normalized spacial score (nSPS) is 10.8. The van der Waals surface area contributed by atoms with Crippen molar-refractivity contribution in [2.75, 3.05) is 5.73 Å². The average molecular weight is 215 g/mol. The van der Waals surface area contributed by atoms with E-state index in [0.29, 0.717) is 16.8 Å². The molecule has 0 aliphatic rings. The predicted octanol–water partition coefficient (Wildman–Crippen LogP) is 3.80. The van der Waals surface area contributed by atoms with Crippen LogP contribution in [-0.2, 0) is 0 Å². The molecule has 16 heavy (non-hydrogen) atoms. The van der Waals surface area contributed by atoms with Gasteiger partial charge in [-0.25, -0.2) is 4.39 Å². The molecule has 0 aliphatic carbocycles. The van der Waals surface area contributed by atoms with E-state index in [1.165, 1.54) is 6.07 Å². The first-order valence-electron chi connectivity index (χ1n) is 4.88. The van der Waals surface area contributed by atoms with E-state index < -0.39 is 0 Å². The quantitative estimate of drug-likeness (QED) is 0.463. The van der Waals surface area contributed by atoms with E-state index in [9.17, 15) is 4.39 Å². The third kappa shape index (κ3) is 2.30. The molecule has 82 valence electrons. The lowest BCUT2D eigenvalue weighted by atomic mass is 9.98. The predicted molar refractivity (Wildman–Crippen MR) is 68.3 cm³/mol. The van der Waals surface area contributed by atoms with Crippen molar-refractivity contribution in [3.05, 3.63) is 60.1 Å². The summed E-state index contributed by atoms with van der Waals surface area (Å²) in [5, 5.41) is 0. The number of halogens is 1. The van der Waals surface area contributed by atoms with Gasteiger partial charge in [0.2, 0.25) is 0 Å². The molecule has 0 heterocycles. The fourth-order valence-corrected chi connectivity index (χ4v) is 1.54. The second-order valence-corrected chi connectivity index (χ2v) is 3.26. The molecule has 0 spiro atoms. The number of allylic oxidation sites excluding steroid dienone is 3. The Hall–Kier alpha value is -2.05. The van der Waals surface area contributed by atoms with E-state index in [-0.39, 0.29) is 5.82 Å². The Morgan fingerprint density at radius 2 is 2.19 bits per heavy atom. The molecule has 1 rings (SSSR count). The number of nitrogen functional groups attached to an aromatic ring is 1. The molecule has 0 fully saturated rings. The SMILES string of the molecule is C=C=Cc1cc(N)cc(F)c1/C(C=C)=C/C. The van der Waals surface area contributed by atoms with Crippen LogP contribution >= 0.6 is 0 Å². The monoisotopic (exact) mass is 215 g/mol. The first-order valence-corrected chi connectivity index (χ1v) is 4.88. The minimum atomic E-state index is -0.366. The Morgan fingerprint density at radius 1 is 1.50 bits per heavy atom. The van der Waals surface area contributed by atoms with Crippen LogP contribution in [0.1, 0.15) is 18.1 Å². The molecule has 1 aromatic rings. The first kappa shape index (κ1) is 12.0. The highest BCUT2D eigenvalue weighted by Crippen LogP contribution is 2.27. The molecule has 0 saturated heterocycles. The van der Waals surface area contributed by atoms with Crippen molar-refractivity contribution < 1.29 is 4.39 Å². The smallest absolute Gasteiger partial charge is 0.133 e. The molecule has 0 bridgehead atoms. The molecule has 0 aromatic heterocycles. The van der Waals surface area contributed by atoms with Gasteiger partial charge in [0.25, 0.3) is 0 Å². The van der Waals surface area contributed by atoms with Crippen molar-refractivity contribution in [2.45, 2.75) is 6.92 Å². The zero-order valence-electron chi connectivity index (χ0n) is 9.26. The van der Waals surface area contributed by atoms with E-state index in [1.807, 2.05) is 6.92 Å². The van der Waals surface area contributed by atoms with Crippen molar-refractivity contribution in [3.8, 4) is 0 Å². The number of anilines is 1. The van der Waals surface area contributed by atoms with Crippen molar-refractivity contribution in [3.63, 3.8) is 0 Å². The molecule has 0 amide bonds. The molecule has 2 N–H and O–H groups in total. The Morgan fingerprint density at radius 3 is 2.69 bits per heavy atom. The van der Waals surface area contributed by atoms with Gasteiger partial charge >= 0.3 is 0 Å². The van der Waals surface area contributed by atoms with Crippen LogP contribution in [0, 0.1) is 5.82 Å².